The number of piperazine rings is 1. The first-order valence-corrected chi connectivity index (χ1v) is 13.8. The number of carbonyl (C=O) groups is 2. The van der Waals surface area contributed by atoms with E-state index in [4.69, 9.17) is 11.6 Å². The highest BCUT2D eigenvalue weighted by Crippen LogP contribution is 2.29. The SMILES string of the molecule is Cc1c(C(=O)N2CCN(c3ccc(F)c(Cl)c3)CC2)sc2ncn(CC(=O)NC3CCCCC3)c(=O)c12. The van der Waals surface area contributed by atoms with E-state index in [1.807, 2.05) is 0 Å². The Kier molecular flexibility index (Phi) is 7.48. The summed E-state index contributed by atoms with van der Waals surface area (Å²) in [5, 5.41) is 3.49. The van der Waals surface area contributed by atoms with Crippen LogP contribution in [-0.2, 0) is 11.3 Å². The quantitative estimate of drug-likeness (QED) is 0.524. The van der Waals surface area contributed by atoms with Crippen molar-refractivity contribution in [3.05, 3.63) is 56.2 Å². The fourth-order valence-electron chi connectivity index (χ4n) is 5.14. The third-order valence-corrected chi connectivity index (χ3v) is 8.71. The molecule has 1 N–H and O–H groups in total. The molecule has 0 bridgehead atoms. The van der Waals surface area contributed by atoms with Crippen molar-refractivity contribution in [1.82, 2.24) is 19.8 Å². The van der Waals surface area contributed by atoms with E-state index in [-0.39, 0.29) is 35.0 Å². The third-order valence-electron chi connectivity index (χ3n) is 7.23. The molecule has 0 atom stereocenters. The predicted octanol–water partition coefficient (Wildman–Crippen LogP) is 3.97. The highest BCUT2D eigenvalue weighted by atomic mass is 35.5. The summed E-state index contributed by atoms with van der Waals surface area (Å²) in [6.07, 6.45) is 6.75. The zero-order chi connectivity index (χ0) is 26.1. The van der Waals surface area contributed by atoms with Gasteiger partial charge in [-0.3, -0.25) is 19.0 Å². The number of fused-ring (bicyclic) bond motifs is 1. The first-order chi connectivity index (χ1) is 17.8. The van der Waals surface area contributed by atoms with Crippen LogP contribution in [0.5, 0.6) is 0 Å². The molecule has 1 aromatic carbocycles. The topological polar surface area (TPSA) is 87.5 Å². The Morgan fingerprint density at radius 3 is 2.59 bits per heavy atom. The minimum atomic E-state index is -0.461. The fraction of sp³-hybridized carbons (Fsp3) is 0.462. The maximum Gasteiger partial charge on any atom is 0.264 e. The second-order valence-electron chi connectivity index (χ2n) is 9.69. The molecule has 5 rings (SSSR count). The normalized spacial score (nSPS) is 16.8. The van der Waals surface area contributed by atoms with Crippen LogP contribution < -0.4 is 15.8 Å². The summed E-state index contributed by atoms with van der Waals surface area (Å²) in [6.45, 7) is 3.81. The number of hydrogen-bond acceptors (Lipinski definition) is 6. The first-order valence-electron chi connectivity index (χ1n) is 12.6. The molecule has 1 aliphatic heterocycles. The Morgan fingerprint density at radius 1 is 1.16 bits per heavy atom. The minimum absolute atomic E-state index is 0.0709. The summed E-state index contributed by atoms with van der Waals surface area (Å²) >= 11 is 7.13. The summed E-state index contributed by atoms with van der Waals surface area (Å²) in [5.41, 5.74) is 1.10. The van der Waals surface area contributed by atoms with Gasteiger partial charge in [-0.25, -0.2) is 9.37 Å². The number of anilines is 1. The summed E-state index contributed by atoms with van der Waals surface area (Å²) in [5.74, 6) is -0.796. The van der Waals surface area contributed by atoms with Crippen molar-refractivity contribution in [3.8, 4) is 0 Å². The Bertz CT molecular complexity index is 1390. The predicted molar refractivity (Wildman–Crippen MR) is 143 cm³/mol. The van der Waals surface area contributed by atoms with Crippen LogP contribution in [0.3, 0.4) is 0 Å². The molecule has 3 aromatic rings. The second-order valence-corrected chi connectivity index (χ2v) is 11.1. The number of aryl methyl sites for hydroxylation is 1. The van der Waals surface area contributed by atoms with Gasteiger partial charge >= 0.3 is 0 Å². The molecule has 2 amide bonds. The molecule has 196 valence electrons. The molecule has 1 aliphatic carbocycles. The van der Waals surface area contributed by atoms with Gasteiger partial charge in [-0.1, -0.05) is 30.9 Å². The van der Waals surface area contributed by atoms with Gasteiger partial charge in [-0.05, 0) is 43.5 Å². The Labute approximate surface area is 223 Å². The molecule has 0 spiro atoms. The number of amides is 2. The highest BCUT2D eigenvalue weighted by molar-refractivity contribution is 7.20. The van der Waals surface area contributed by atoms with E-state index in [2.05, 4.69) is 15.2 Å². The maximum atomic E-state index is 13.5. The van der Waals surface area contributed by atoms with Crippen LogP contribution in [0, 0.1) is 12.7 Å². The monoisotopic (exact) mass is 545 g/mol. The number of rotatable bonds is 5. The number of benzene rings is 1. The molecule has 3 heterocycles. The number of thiophene rings is 1. The zero-order valence-corrected chi connectivity index (χ0v) is 22.2. The van der Waals surface area contributed by atoms with Gasteiger partial charge in [0.15, 0.2) is 0 Å². The van der Waals surface area contributed by atoms with E-state index >= 15 is 0 Å². The van der Waals surface area contributed by atoms with Gasteiger partial charge in [0.1, 0.15) is 17.2 Å². The Balaban J connectivity index is 1.28. The van der Waals surface area contributed by atoms with Gasteiger partial charge in [-0.15, -0.1) is 11.3 Å². The van der Waals surface area contributed by atoms with Crippen molar-refractivity contribution in [1.29, 1.82) is 0 Å². The number of nitrogens with zero attached hydrogens (tertiary/aromatic N) is 4. The van der Waals surface area contributed by atoms with Crippen LogP contribution in [0.1, 0.15) is 47.3 Å². The average Bonchev–Trinajstić information content (AvgIpc) is 3.24. The van der Waals surface area contributed by atoms with E-state index in [0.717, 1.165) is 31.4 Å². The van der Waals surface area contributed by atoms with Gasteiger partial charge in [0, 0.05) is 37.9 Å². The lowest BCUT2D eigenvalue weighted by molar-refractivity contribution is -0.122. The van der Waals surface area contributed by atoms with Crippen molar-refractivity contribution >= 4 is 50.7 Å². The van der Waals surface area contributed by atoms with E-state index in [9.17, 15) is 18.8 Å². The lowest BCUT2D eigenvalue weighted by atomic mass is 9.95. The van der Waals surface area contributed by atoms with Crippen LogP contribution in [0.2, 0.25) is 5.02 Å². The molecule has 2 aliphatic rings. The smallest absolute Gasteiger partial charge is 0.264 e. The molecule has 2 fully saturated rings. The molecule has 11 heteroatoms. The van der Waals surface area contributed by atoms with Crippen molar-refractivity contribution in [2.45, 2.75) is 51.6 Å². The molecular weight excluding hydrogens is 517 g/mol. The van der Waals surface area contributed by atoms with Crippen LogP contribution >= 0.6 is 22.9 Å². The van der Waals surface area contributed by atoms with Crippen molar-refractivity contribution in [2.24, 2.45) is 0 Å². The molecule has 8 nitrogen and oxygen atoms in total. The summed E-state index contributed by atoms with van der Waals surface area (Å²) < 4.78 is 14.8. The standard InChI is InChI=1S/C26H29ClFN5O3S/c1-16-22-24(29-15-33(25(22)35)14-21(34)30-17-5-3-2-4-6-17)37-23(16)26(36)32-11-9-31(10-12-32)18-7-8-20(28)19(27)13-18/h7-8,13,15,17H,2-6,9-12,14H2,1H3,(H,30,34). The number of nitrogens with one attached hydrogen (secondary N) is 1. The highest BCUT2D eigenvalue weighted by Gasteiger charge is 2.27. The van der Waals surface area contributed by atoms with Crippen molar-refractivity contribution < 1.29 is 14.0 Å². The molecule has 1 saturated carbocycles. The lowest BCUT2D eigenvalue weighted by Crippen LogP contribution is -2.48. The van der Waals surface area contributed by atoms with Gasteiger partial charge < -0.3 is 15.1 Å². The average molecular weight is 546 g/mol. The molecule has 37 heavy (non-hydrogen) atoms. The summed E-state index contributed by atoms with van der Waals surface area (Å²) in [7, 11) is 0. The number of halogens is 2. The fourth-order valence-corrected chi connectivity index (χ4v) is 6.43. The van der Waals surface area contributed by atoms with Gasteiger partial charge in [0.05, 0.1) is 21.6 Å². The van der Waals surface area contributed by atoms with Gasteiger partial charge in [0.25, 0.3) is 11.5 Å². The number of carbonyl (C=O) groups excluding carboxylic acids is 2. The van der Waals surface area contributed by atoms with Gasteiger partial charge in [-0.2, -0.15) is 0 Å². The minimum Gasteiger partial charge on any atom is -0.368 e. The molecule has 2 aromatic heterocycles. The van der Waals surface area contributed by atoms with Crippen LogP contribution in [0.15, 0.2) is 29.3 Å². The summed E-state index contributed by atoms with van der Waals surface area (Å²) in [6, 6.07) is 4.79. The van der Waals surface area contributed by atoms with E-state index in [1.165, 1.54) is 34.7 Å². The van der Waals surface area contributed by atoms with Gasteiger partial charge in [0.2, 0.25) is 5.91 Å². The molecule has 0 unspecified atom stereocenters. The van der Waals surface area contributed by atoms with Crippen LogP contribution in [-0.4, -0.2) is 58.5 Å². The summed E-state index contributed by atoms with van der Waals surface area (Å²) in [4.78, 5) is 48.3. The lowest BCUT2D eigenvalue weighted by Gasteiger charge is -2.36. The Morgan fingerprint density at radius 2 is 1.89 bits per heavy atom. The molecule has 0 radical (unpaired) electrons. The largest absolute Gasteiger partial charge is 0.368 e. The van der Waals surface area contributed by atoms with Crippen molar-refractivity contribution in [2.75, 3.05) is 31.1 Å². The number of hydrogen-bond donors (Lipinski definition) is 1. The second kappa shape index (κ2) is 10.8. The third kappa shape index (κ3) is 5.36. The van der Waals surface area contributed by atoms with E-state index in [1.54, 1.807) is 24.0 Å². The number of aromatic nitrogens is 2. The zero-order valence-electron chi connectivity index (χ0n) is 20.6. The molecule has 1 saturated heterocycles. The van der Waals surface area contributed by atoms with Crippen molar-refractivity contribution in [3.63, 3.8) is 0 Å². The Hall–Kier alpha value is -2.98. The first kappa shape index (κ1) is 25.7. The maximum absolute atomic E-state index is 13.5. The molecular formula is C26H29ClFN5O3S. The van der Waals surface area contributed by atoms with E-state index < -0.39 is 5.82 Å². The van der Waals surface area contributed by atoms with Crippen LogP contribution in [0.25, 0.3) is 10.2 Å². The van der Waals surface area contributed by atoms with Crippen LogP contribution in [0.4, 0.5) is 10.1 Å². The van der Waals surface area contributed by atoms with E-state index in [0.29, 0.717) is 46.8 Å².